The van der Waals surface area contributed by atoms with E-state index in [-0.39, 0.29) is 17.7 Å². The Morgan fingerprint density at radius 3 is 2.08 bits per heavy atom. The van der Waals surface area contributed by atoms with E-state index in [0.29, 0.717) is 34.5 Å². The minimum Gasteiger partial charge on any atom is -0.321 e. The zero-order valence-electron chi connectivity index (χ0n) is 14.4. The second-order valence-electron chi connectivity index (χ2n) is 6.42. The highest BCUT2D eigenvalue weighted by atomic mass is 16.2. The van der Waals surface area contributed by atoms with Gasteiger partial charge in [-0.25, -0.2) is 4.90 Å². The Bertz CT molecular complexity index is 940. The Balaban J connectivity index is 1.89. The van der Waals surface area contributed by atoms with E-state index in [4.69, 9.17) is 0 Å². The smallest absolute Gasteiger partial charge is 0.265 e. The van der Waals surface area contributed by atoms with Gasteiger partial charge in [0.15, 0.2) is 0 Å². The number of anilines is 1. The predicted octanol–water partition coefficient (Wildman–Crippen LogP) is 3.84. The van der Waals surface area contributed by atoms with Crippen molar-refractivity contribution in [3.63, 3.8) is 0 Å². The number of hydrogen-bond donors (Lipinski definition) is 1. The van der Waals surface area contributed by atoms with Crippen LogP contribution in [0.4, 0.5) is 5.69 Å². The van der Waals surface area contributed by atoms with Gasteiger partial charge in [-0.05, 0) is 31.0 Å². The van der Waals surface area contributed by atoms with Crippen LogP contribution < -0.4 is 5.32 Å². The number of rotatable bonds is 4. The fourth-order valence-corrected chi connectivity index (χ4v) is 3.53. The minimum absolute atomic E-state index is 0.270. The van der Waals surface area contributed by atoms with Gasteiger partial charge in [0.2, 0.25) is 0 Å². The lowest BCUT2D eigenvalue weighted by Gasteiger charge is -2.20. The number of benzene rings is 2. The topological polar surface area (TPSA) is 66.5 Å². The number of nitrogens with zero attached hydrogens (tertiary/aromatic N) is 1. The van der Waals surface area contributed by atoms with Gasteiger partial charge in [-0.15, -0.1) is 0 Å². The van der Waals surface area contributed by atoms with Crippen LogP contribution in [0.3, 0.4) is 0 Å². The molecule has 0 saturated heterocycles. The Kier molecular flexibility index (Phi) is 3.92. The number of para-hydroxylation sites is 1. The minimum atomic E-state index is -0.360. The molecule has 26 heavy (non-hydrogen) atoms. The number of allylic oxidation sites excluding steroid dienone is 1. The van der Waals surface area contributed by atoms with Crippen molar-refractivity contribution in [2.75, 3.05) is 5.32 Å². The van der Waals surface area contributed by atoms with Crippen molar-refractivity contribution in [3.8, 4) is 0 Å². The Hall–Kier alpha value is -3.21. The van der Waals surface area contributed by atoms with Crippen molar-refractivity contribution in [2.45, 2.75) is 26.2 Å². The lowest BCUT2D eigenvalue weighted by Crippen LogP contribution is -2.31. The molecule has 2 aliphatic rings. The molecule has 5 heteroatoms. The largest absolute Gasteiger partial charge is 0.321 e. The van der Waals surface area contributed by atoms with E-state index in [1.54, 1.807) is 24.3 Å². The van der Waals surface area contributed by atoms with Crippen LogP contribution in [0.15, 0.2) is 54.2 Å². The van der Waals surface area contributed by atoms with E-state index in [1.807, 2.05) is 31.2 Å². The average Bonchev–Trinajstić information content (AvgIpc) is 3.11. The van der Waals surface area contributed by atoms with E-state index in [2.05, 4.69) is 5.32 Å². The number of unbranched alkanes of at least 4 members (excludes halogenated alkanes) is 1. The molecule has 0 atom stereocenters. The van der Waals surface area contributed by atoms with E-state index >= 15 is 0 Å². The summed E-state index contributed by atoms with van der Waals surface area (Å²) < 4.78 is 0. The van der Waals surface area contributed by atoms with Crippen molar-refractivity contribution in [1.82, 2.24) is 4.90 Å². The Morgan fingerprint density at radius 1 is 0.885 bits per heavy atom. The molecule has 2 heterocycles. The summed E-state index contributed by atoms with van der Waals surface area (Å²) in [6.45, 7) is 2.04. The fourth-order valence-electron chi connectivity index (χ4n) is 3.53. The third kappa shape index (κ3) is 2.36. The summed E-state index contributed by atoms with van der Waals surface area (Å²) in [5.41, 5.74) is 3.12. The van der Waals surface area contributed by atoms with Crippen LogP contribution in [0.2, 0.25) is 0 Å². The van der Waals surface area contributed by atoms with E-state index in [9.17, 15) is 14.4 Å². The number of hydrogen-bond acceptors (Lipinski definition) is 3. The van der Waals surface area contributed by atoms with Gasteiger partial charge >= 0.3 is 0 Å². The molecule has 1 N–H and O–H groups in total. The van der Waals surface area contributed by atoms with Gasteiger partial charge in [0.25, 0.3) is 17.7 Å². The normalized spacial score (nSPS) is 17.3. The standard InChI is InChI=1S/C21H18N2O3/c1-2-3-12-17(18-15-10-6-7-11-16(15)22-19(18)24)23-20(25)13-8-4-5-9-14(13)21(23)26/h4-11H,2-3,12H2,1H3,(H,22,24)/b18-17-. The maximum Gasteiger partial charge on any atom is 0.265 e. The lowest BCUT2D eigenvalue weighted by molar-refractivity contribution is -0.110. The van der Waals surface area contributed by atoms with Crippen LogP contribution in [-0.4, -0.2) is 22.6 Å². The molecule has 0 saturated carbocycles. The highest BCUT2D eigenvalue weighted by Gasteiger charge is 2.40. The second-order valence-corrected chi connectivity index (χ2v) is 6.42. The van der Waals surface area contributed by atoms with Gasteiger partial charge in [0.1, 0.15) is 0 Å². The summed E-state index contributed by atoms with van der Waals surface area (Å²) in [4.78, 5) is 39.7. The van der Waals surface area contributed by atoms with Gasteiger partial charge in [0, 0.05) is 16.9 Å². The molecule has 4 rings (SSSR count). The van der Waals surface area contributed by atoms with Crippen LogP contribution in [0.1, 0.15) is 52.5 Å². The molecule has 0 fully saturated rings. The third-order valence-corrected chi connectivity index (χ3v) is 4.79. The molecule has 3 amide bonds. The van der Waals surface area contributed by atoms with Crippen LogP contribution in [0.5, 0.6) is 0 Å². The van der Waals surface area contributed by atoms with E-state index in [1.165, 1.54) is 4.90 Å². The number of nitrogens with one attached hydrogen (secondary N) is 1. The first-order valence-electron chi connectivity index (χ1n) is 8.75. The summed E-state index contributed by atoms with van der Waals surface area (Å²) in [6.07, 6.45) is 2.16. The monoisotopic (exact) mass is 346 g/mol. The van der Waals surface area contributed by atoms with Crippen molar-refractivity contribution in [1.29, 1.82) is 0 Å². The lowest BCUT2D eigenvalue weighted by atomic mass is 10.0. The van der Waals surface area contributed by atoms with Crippen LogP contribution in [0, 0.1) is 0 Å². The van der Waals surface area contributed by atoms with Gasteiger partial charge in [-0.3, -0.25) is 14.4 Å². The van der Waals surface area contributed by atoms with Crippen LogP contribution in [0.25, 0.3) is 5.57 Å². The summed E-state index contributed by atoms with van der Waals surface area (Å²) in [6, 6.07) is 14.1. The molecule has 2 aromatic rings. The molecule has 2 aliphatic heterocycles. The van der Waals surface area contributed by atoms with Gasteiger partial charge in [0.05, 0.1) is 16.7 Å². The van der Waals surface area contributed by atoms with Crippen molar-refractivity contribution >= 4 is 29.0 Å². The van der Waals surface area contributed by atoms with E-state index in [0.717, 1.165) is 18.4 Å². The Labute approximate surface area is 151 Å². The first-order valence-corrected chi connectivity index (χ1v) is 8.75. The molecule has 0 aromatic heterocycles. The van der Waals surface area contributed by atoms with Gasteiger partial charge < -0.3 is 5.32 Å². The third-order valence-electron chi connectivity index (χ3n) is 4.79. The molecule has 0 radical (unpaired) electrons. The zero-order chi connectivity index (χ0) is 18.3. The maximum atomic E-state index is 12.9. The van der Waals surface area contributed by atoms with Crippen molar-refractivity contribution in [3.05, 3.63) is 70.9 Å². The Morgan fingerprint density at radius 2 is 1.46 bits per heavy atom. The average molecular weight is 346 g/mol. The molecule has 130 valence electrons. The molecular weight excluding hydrogens is 328 g/mol. The summed E-state index contributed by atoms with van der Waals surface area (Å²) in [5, 5.41) is 2.83. The summed E-state index contributed by atoms with van der Waals surface area (Å²) in [5.74, 6) is -0.989. The van der Waals surface area contributed by atoms with Gasteiger partial charge in [-0.2, -0.15) is 0 Å². The molecule has 0 spiro atoms. The number of fused-ring (bicyclic) bond motifs is 2. The van der Waals surface area contributed by atoms with Crippen LogP contribution in [-0.2, 0) is 4.79 Å². The predicted molar refractivity (Wildman–Crippen MR) is 98.5 cm³/mol. The number of carbonyl (C=O) groups is 3. The SMILES string of the molecule is CCCC/C(=C1/C(=O)Nc2ccccc21)N1C(=O)c2ccccc2C1=O. The maximum absolute atomic E-state index is 12.9. The fraction of sp³-hybridized carbons (Fsp3) is 0.190. The van der Waals surface area contributed by atoms with E-state index < -0.39 is 0 Å². The molecule has 2 aromatic carbocycles. The number of amides is 3. The second kappa shape index (κ2) is 6.26. The molecule has 0 unspecified atom stereocenters. The number of carbonyl (C=O) groups excluding carboxylic acids is 3. The van der Waals surface area contributed by atoms with Crippen LogP contribution >= 0.6 is 0 Å². The highest BCUT2D eigenvalue weighted by molar-refractivity contribution is 6.33. The molecule has 0 bridgehead atoms. The number of imide groups is 1. The van der Waals surface area contributed by atoms with Crippen molar-refractivity contribution in [2.24, 2.45) is 0 Å². The summed E-state index contributed by atoms with van der Waals surface area (Å²) in [7, 11) is 0. The van der Waals surface area contributed by atoms with Gasteiger partial charge in [-0.1, -0.05) is 43.7 Å². The first-order chi connectivity index (χ1) is 12.6. The van der Waals surface area contributed by atoms with Crippen molar-refractivity contribution < 1.29 is 14.4 Å². The molecule has 5 nitrogen and oxygen atoms in total. The highest BCUT2D eigenvalue weighted by Crippen LogP contribution is 2.38. The summed E-state index contributed by atoms with van der Waals surface area (Å²) >= 11 is 0. The molecular formula is C21H18N2O3. The first kappa shape index (κ1) is 16.3. The molecule has 0 aliphatic carbocycles. The zero-order valence-corrected chi connectivity index (χ0v) is 14.4. The quantitative estimate of drug-likeness (QED) is 0.676.